The van der Waals surface area contributed by atoms with Gasteiger partial charge in [-0.15, -0.1) is 0 Å². The van der Waals surface area contributed by atoms with Crippen LogP contribution < -0.4 is 5.73 Å². The van der Waals surface area contributed by atoms with Crippen LogP contribution in [0.3, 0.4) is 0 Å². The fourth-order valence-electron chi connectivity index (χ4n) is 2.05. The van der Waals surface area contributed by atoms with Gasteiger partial charge in [0.1, 0.15) is 0 Å². The fraction of sp³-hybridized carbons (Fsp3) is 0.600. The van der Waals surface area contributed by atoms with Crippen LogP contribution in [-0.4, -0.2) is 0 Å². The van der Waals surface area contributed by atoms with Crippen molar-refractivity contribution in [3.05, 3.63) is 24.2 Å². The zero-order valence-electron chi connectivity index (χ0n) is 7.20. The molecule has 2 N–H and O–H groups in total. The van der Waals surface area contributed by atoms with E-state index < -0.39 is 0 Å². The quantitative estimate of drug-likeness (QED) is 0.731. The van der Waals surface area contributed by atoms with Gasteiger partial charge < -0.3 is 10.2 Å². The van der Waals surface area contributed by atoms with Crippen LogP contribution in [0.15, 0.2) is 23.0 Å². The average Bonchev–Trinajstić information content (AvgIpc) is 2.77. The van der Waals surface area contributed by atoms with Crippen molar-refractivity contribution in [2.45, 2.75) is 31.7 Å². The van der Waals surface area contributed by atoms with Crippen molar-refractivity contribution in [3.8, 4) is 0 Å². The molecule has 0 saturated heterocycles. The number of hydrogen-bond donors (Lipinski definition) is 1. The van der Waals surface area contributed by atoms with Gasteiger partial charge in [-0.3, -0.25) is 0 Å². The molecule has 1 aromatic rings. The summed E-state index contributed by atoms with van der Waals surface area (Å²) in [5.74, 6) is 0.683. The molecule has 2 rings (SSSR count). The minimum Gasteiger partial charge on any atom is -0.472 e. The molecular formula is C10H15NO. The summed E-state index contributed by atoms with van der Waals surface area (Å²) in [6, 6.07) is 2.18. The molecule has 0 aliphatic heterocycles. The molecule has 12 heavy (non-hydrogen) atoms. The molecule has 2 heteroatoms. The largest absolute Gasteiger partial charge is 0.472 e. The Bertz CT molecular complexity index is 224. The molecule has 1 atom stereocenters. The van der Waals surface area contributed by atoms with Gasteiger partial charge in [-0.1, -0.05) is 12.8 Å². The van der Waals surface area contributed by atoms with E-state index >= 15 is 0 Å². The molecule has 0 aromatic carbocycles. The van der Waals surface area contributed by atoms with E-state index in [2.05, 4.69) is 0 Å². The van der Waals surface area contributed by atoms with Crippen molar-refractivity contribution < 1.29 is 4.42 Å². The molecule has 1 heterocycles. The van der Waals surface area contributed by atoms with E-state index in [1.165, 1.54) is 25.7 Å². The Kier molecular flexibility index (Phi) is 2.17. The molecule has 0 spiro atoms. The molecule has 1 fully saturated rings. The maximum Gasteiger partial charge on any atom is 0.0950 e. The summed E-state index contributed by atoms with van der Waals surface area (Å²) in [5.41, 5.74) is 7.24. The highest BCUT2D eigenvalue weighted by Crippen LogP contribution is 2.33. The van der Waals surface area contributed by atoms with Gasteiger partial charge in [0.05, 0.1) is 12.5 Å². The summed E-state index contributed by atoms with van der Waals surface area (Å²) in [6.45, 7) is 0. The molecule has 66 valence electrons. The monoisotopic (exact) mass is 165 g/mol. The van der Waals surface area contributed by atoms with Crippen LogP contribution in [0.5, 0.6) is 0 Å². The highest BCUT2D eigenvalue weighted by molar-refractivity contribution is 5.12. The fourth-order valence-corrected chi connectivity index (χ4v) is 2.05. The summed E-state index contributed by atoms with van der Waals surface area (Å²) in [5, 5.41) is 0. The summed E-state index contributed by atoms with van der Waals surface area (Å²) in [6.07, 6.45) is 8.72. The maximum atomic E-state index is 6.08. The molecule has 0 bridgehead atoms. The van der Waals surface area contributed by atoms with E-state index in [1.54, 1.807) is 12.5 Å². The Morgan fingerprint density at radius 3 is 2.75 bits per heavy atom. The zero-order chi connectivity index (χ0) is 8.39. The first-order valence-electron chi connectivity index (χ1n) is 4.65. The van der Waals surface area contributed by atoms with Gasteiger partial charge in [0.25, 0.3) is 0 Å². The number of nitrogens with two attached hydrogens (primary N) is 1. The highest BCUT2D eigenvalue weighted by atomic mass is 16.3. The number of furan rings is 1. The third-order valence-electron chi connectivity index (χ3n) is 2.84. The van der Waals surface area contributed by atoms with Crippen LogP contribution in [0.2, 0.25) is 0 Å². The van der Waals surface area contributed by atoms with Gasteiger partial charge in [0.15, 0.2) is 0 Å². The van der Waals surface area contributed by atoms with Crippen molar-refractivity contribution in [1.29, 1.82) is 0 Å². The molecule has 1 aliphatic carbocycles. The topological polar surface area (TPSA) is 39.2 Å². The second kappa shape index (κ2) is 3.31. The van der Waals surface area contributed by atoms with Crippen molar-refractivity contribution in [3.63, 3.8) is 0 Å². The van der Waals surface area contributed by atoms with E-state index in [0.29, 0.717) is 5.92 Å². The van der Waals surface area contributed by atoms with Gasteiger partial charge in [0, 0.05) is 11.6 Å². The van der Waals surface area contributed by atoms with E-state index in [9.17, 15) is 0 Å². The lowest BCUT2D eigenvalue weighted by Crippen LogP contribution is -2.18. The second-order valence-electron chi connectivity index (χ2n) is 3.63. The number of rotatable bonds is 2. The Labute approximate surface area is 72.7 Å². The van der Waals surface area contributed by atoms with Gasteiger partial charge >= 0.3 is 0 Å². The van der Waals surface area contributed by atoms with Crippen molar-refractivity contribution in [2.75, 3.05) is 0 Å². The predicted molar refractivity (Wildman–Crippen MR) is 47.6 cm³/mol. The molecule has 0 amide bonds. The van der Waals surface area contributed by atoms with E-state index in [0.717, 1.165) is 5.56 Å². The Morgan fingerprint density at radius 1 is 1.42 bits per heavy atom. The molecular weight excluding hydrogens is 150 g/mol. The highest BCUT2D eigenvalue weighted by Gasteiger charge is 2.23. The van der Waals surface area contributed by atoms with Crippen LogP contribution in [0.25, 0.3) is 0 Å². The van der Waals surface area contributed by atoms with E-state index in [4.69, 9.17) is 10.2 Å². The van der Waals surface area contributed by atoms with Crippen molar-refractivity contribution >= 4 is 0 Å². The Balaban J connectivity index is 2.04. The summed E-state index contributed by atoms with van der Waals surface area (Å²) >= 11 is 0. The first-order chi connectivity index (χ1) is 5.88. The smallest absolute Gasteiger partial charge is 0.0950 e. The normalized spacial score (nSPS) is 21.4. The lowest BCUT2D eigenvalue weighted by molar-refractivity contribution is 0.440. The summed E-state index contributed by atoms with van der Waals surface area (Å²) in [7, 11) is 0. The van der Waals surface area contributed by atoms with Gasteiger partial charge in [0.2, 0.25) is 0 Å². The maximum absolute atomic E-state index is 6.08. The predicted octanol–water partition coefficient (Wildman–Crippen LogP) is 2.47. The van der Waals surface area contributed by atoms with Crippen LogP contribution in [-0.2, 0) is 0 Å². The lowest BCUT2D eigenvalue weighted by atomic mass is 9.94. The first kappa shape index (κ1) is 7.87. The third kappa shape index (κ3) is 1.39. The molecule has 2 nitrogen and oxygen atoms in total. The van der Waals surface area contributed by atoms with Crippen molar-refractivity contribution in [1.82, 2.24) is 0 Å². The molecule has 1 saturated carbocycles. The Morgan fingerprint density at radius 2 is 2.17 bits per heavy atom. The van der Waals surface area contributed by atoms with E-state index in [-0.39, 0.29) is 6.04 Å². The van der Waals surface area contributed by atoms with Crippen molar-refractivity contribution in [2.24, 2.45) is 11.7 Å². The minimum atomic E-state index is 0.200. The standard InChI is InChI=1S/C10H15NO/c11-10(8-3-1-2-4-8)9-5-6-12-7-9/h5-8,10H,1-4,11H2/t10-/m0/s1. The van der Waals surface area contributed by atoms with Crippen LogP contribution in [0.1, 0.15) is 37.3 Å². The molecule has 0 radical (unpaired) electrons. The van der Waals surface area contributed by atoms with Crippen LogP contribution in [0, 0.1) is 5.92 Å². The van der Waals surface area contributed by atoms with Gasteiger partial charge in [-0.25, -0.2) is 0 Å². The second-order valence-corrected chi connectivity index (χ2v) is 3.63. The van der Waals surface area contributed by atoms with Crippen LogP contribution in [0.4, 0.5) is 0 Å². The van der Waals surface area contributed by atoms with Gasteiger partial charge in [-0.05, 0) is 24.8 Å². The molecule has 0 unspecified atom stereocenters. The van der Waals surface area contributed by atoms with Gasteiger partial charge in [-0.2, -0.15) is 0 Å². The zero-order valence-corrected chi connectivity index (χ0v) is 7.20. The average molecular weight is 165 g/mol. The Hall–Kier alpha value is -0.760. The summed E-state index contributed by atoms with van der Waals surface area (Å²) < 4.78 is 5.02. The minimum absolute atomic E-state index is 0.200. The summed E-state index contributed by atoms with van der Waals surface area (Å²) in [4.78, 5) is 0. The SMILES string of the molecule is N[C@H](c1ccoc1)C1CCCC1. The van der Waals surface area contributed by atoms with Crippen LogP contribution >= 0.6 is 0 Å². The number of hydrogen-bond acceptors (Lipinski definition) is 2. The third-order valence-corrected chi connectivity index (χ3v) is 2.84. The van der Waals surface area contributed by atoms with E-state index in [1.807, 2.05) is 6.07 Å². The first-order valence-corrected chi connectivity index (χ1v) is 4.65. The molecule has 1 aliphatic rings. The molecule has 1 aromatic heterocycles. The lowest BCUT2D eigenvalue weighted by Gasteiger charge is -2.16.